The van der Waals surface area contributed by atoms with Crippen molar-refractivity contribution >= 4 is 45.1 Å². The Hall–Kier alpha value is -1.92. The molecule has 1 aromatic heterocycles. The number of aromatic carboxylic acids is 1. The summed E-state index contributed by atoms with van der Waals surface area (Å²) in [6.45, 7) is 0. The molecule has 20 heavy (non-hydrogen) atoms. The second-order valence-corrected chi connectivity index (χ2v) is 5.10. The summed E-state index contributed by atoms with van der Waals surface area (Å²) in [4.78, 5) is 27.0. The van der Waals surface area contributed by atoms with Crippen LogP contribution in [0, 0.1) is 0 Å². The van der Waals surface area contributed by atoms with Crippen molar-refractivity contribution in [2.24, 2.45) is 0 Å². The number of hydrogen-bond donors (Lipinski definition) is 2. The Kier molecular flexibility index (Phi) is 4.36. The van der Waals surface area contributed by atoms with E-state index in [1.807, 2.05) is 0 Å². The number of halogens is 2. The van der Waals surface area contributed by atoms with E-state index in [1.165, 1.54) is 18.2 Å². The first-order valence-corrected chi connectivity index (χ1v) is 6.61. The number of carboxylic acids is 1. The first-order valence-electron chi connectivity index (χ1n) is 5.44. The molecule has 0 spiro atoms. The van der Waals surface area contributed by atoms with Gasteiger partial charge in [-0.25, -0.2) is 9.78 Å². The quantitative estimate of drug-likeness (QED) is 0.827. The number of nitrogens with zero attached hydrogens (tertiary/aromatic N) is 1. The van der Waals surface area contributed by atoms with Crippen molar-refractivity contribution in [3.05, 3.63) is 57.3 Å². The maximum absolute atomic E-state index is 12.0. The maximum Gasteiger partial charge on any atom is 0.337 e. The van der Waals surface area contributed by atoms with Crippen molar-refractivity contribution < 1.29 is 14.7 Å². The molecule has 102 valence electrons. The van der Waals surface area contributed by atoms with Crippen molar-refractivity contribution in [1.29, 1.82) is 0 Å². The number of aromatic nitrogens is 1. The maximum atomic E-state index is 12.0. The minimum Gasteiger partial charge on any atom is -0.478 e. The van der Waals surface area contributed by atoms with Gasteiger partial charge in [-0.3, -0.25) is 4.79 Å². The van der Waals surface area contributed by atoms with Crippen LogP contribution in [0.1, 0.15) is 20.8 Å². The van der Waals surface area contributed by atoms with Gasteiger partial charge < -0.3 is 10.4 Å². The Morgan fingerprint density at radius 2 is 2.00 bits per heavy atom. The van der Waals surface area contributed by atoms with Crippen LogP contribution in [0.5, 0.6) is 0 Å². The van der Waals surface area contributed by atoms with Crippen LogP contribution in [-0.4, -0.2) is 22.0 Å². The largest absolute Gasteiger partial charge is 0.478 e. The third-order valence-electron chi connectivity index (χ3n) is 2.41. The highest BCUT2D eigenvalue weighted by atomic mass is 79.9. The van der Waals surface area contributed by atoms with E-state index in [1.54, 1.807) is 18.2 Å². The molecular weight excluding hydrogens is 348 g/mol. The number of carbonyl (C=O) groups excluding carboxylic acids is 1. The number of hydrogen-bond acceptors (Lipinski definition) is 3. The van der Waals surface area contributed by atoms with Gasteiger partial charge in [-0.1, -0.05) is 33.6 Å². The Balaban J connectivity index is 2.32. The second-order valence-electron chi connectivity index (χ2n) is 3.79. The molecule has 0 saturated carbocycles. The lowest BCUT2D eigenvalue weighted by Gasteiger charge is -2.08. The number of carboxylic acid groups (broad SMARTS) is 1. The van der Waals surface area contributed by atoms with Gasteiger partial charge in [-0.2, -0.15) is 0 Å². The Morgan fingerprint density at radius 1 is 1.25 bits per heavy atom. The normalized spacial score (nSPS) is 10.1. The van der Waals surface area contributed by atoms with Crippen molar-refractivity contribution in [1.82, 2.24) is 4.98 Å². The molecule has 0 atom stereocenters. The topological polar surface area (TPSA) is 79.3 Å². The van der Waals surface area contributed by atoms with E-state index in [9.17, 15) is 9.59 Å². The third-order valence-corrected chi connectivity index (χ3v) is 3.11. The molecule has 2 aromatic rings. The van der Waals surface area contributed by atoms with E-state index in [4.69, 9.17) is 16.7 Å². The highest BCUT2D eigenvalue weighted by molar-refractivity contribution is 9.10. The van der Waals surface area contributed by atoms with E-state index in [-0.39, 0.29) is 22.1 Å². The third kappa shape index (κ3) is 3.34. The molecule has 0 radical (unpaired) electrons. The van der Waals surface area contributed by atoms with Crippen molar-refractivity contribution in [2.45, 2.75) is 0 Å². The number of nitrogens with one attached hydrogen (secondary N) is 1. The number of rotatable bonds is 3. The zero-order chi connectivity index (χ0) is 14.7. The molecule has 0 unspecified atom stereocenters. The van der Waals surface area contributed by atoms with E-state index in [0.717, 1.165) is 0 Å². The summed E-state index contributed by atoms with van der Waals surface area (Å²) in [6.07, 6.45) is 0. The highest BCUT2D eigenvalue weighted by Crippen LogP contribution is 2.22. The monoisotopic (exact) mass is 354 g/mol. The fraction of sp³-hybridized carbons (Fsp3) is 0. The fourth-order valence-corrected chi connectivity index (χ4v) is 2.05. The van der Waals surface area contributed by atoms with Gasteiger partial charge in [0.05, 0.1) is 11.3 Å². The molecule has 0 aliphatic heterocycles. The summed E-state index contributed by atoms with van der Waals surface area (Å²) in [6, 6.07) is 9.10. The first-order chi connectivity index (χ1) is 9.47. The Labute approximate surface area is 127 Å². The predicted molar refractivity (Wildman–Crippen MR) is 78.3 cm³/mol. The molecule has 5 nitrogen and oxygen atoms in total. The van der Waals surface area contributed by atoms with Gasteiger partial charge in [-0.15, -0.1) is 0 Å². The van der Waals surface area contributed by atoms with Gasteiger partial charge >= 0.3 is 5.97 Å². The molecule has 0 saturated heterocycles. The molecule has 0 fully saturated rings. The zero-order valence-corrected chi connectivity index (χ0v) is 12.3. The molecule has 7 heteroatoms. The van der Waals surface area contributed by atoms with Gasteiger partial charge in [0, 0.05) is 4.47 Å². The van der Waals surface area contributed by atoms with Crippen molar-refractivity contribution in [3.63, 3.8) is 0 Å². The number of benzene rings is 1. The van der Waals surface area contributed by atoms with E-state index in [0.29, 0.717) is 4.47 Å². The minimum atomic E-state index is -1.13. The summed E-state index contributed by atoms with van der Waals surface area (Å²) in [7, 11) is 0. The van der Waals surface area contributed by atoms with Crippen LogP contribution >= 0.6 is 27.5 Å². The number of carbonyl (C=O) groups is 2. The van der Waals surface area contributed by atoms with Crippen LogP contribution in [0.2, 0.25) is 5.15 Å². The summed E-state index contributed by atoms with van der Waals surface area (Å²) < 4.78 is 0.650. The Bertz CT molecular complexity index is 691. The van der Waals surface area contributed by atoms with E-state index < -0.39 is 11.9 Å². The molecule has 0 aliphatic carbocycles. The predicted octanol–water partition coefficient (Wildman–Crippen LogP) is 3.45. The standard InChI is InChI=1S/C13H8BrClN2O3/c14-7-4-5-8(13(19)20)10(6-7)17-12(18)9-2-1-3-11(15)16-9/h1-6H,(H,17,18)(H,19,20). The minimum absolute atomic E-state index is 0.0106. The molecule has 2 N–H and O–H groups in total. The second kappa shape index (κ2) is 6.02. The molecule has 0 aliphatic rings. The van der Waals surface area contributed by atoms with Gasteiger partial charge in [-0.05, 0) is 30.3 Å². The smallest absolute Gasteiger partial charge is 0.337 e. The molecule has 0 bridgehead atoms. The average Bonchev–Trinajstić information content (AvgIpc) is 2.38. The molecule has 2 rings (SSSR count). The number of anilines is 1. The molecule has 1 amide bonds. The lowest BCUT2D eigenvalue weighted by molar-refractivity contribution is 0.0698. The lowest BCUT2D eigenvalue weighted by Crippen LogP contribution is -2.16. The van der Waals surface area contributed by atoms with Gasteiger partial charge in [0.1, 0.15) is 10.8 Å². The van der Waals surface area contributed by atoms with Gasteiger partial charge in [0.15, 0.2) is 0 Å². The van der Waals surface area contributed by atoms with E-state index in [2.05, 4.69) is 26.2 Å². The van der Waals surface area contributed by atoms with Crippen LogP contribution in [0.3, 0.4) is 0 Å². The molecular formula is C13H8BrClN2O3. The fourth-order valence-electron chi connectivity index (χ4n) is 1.53. The molecule has 1 aromatic carbocycles. The summed E-state index contributed by atoms with van der Waals surface area (Å²) in [5, 5.41) is 11.8. The van der Waals surface area contributed by atoms with Crippen molar-refractivity contribution in [3.8, 4) is 0 Å². The van der Waals surface area contributed by atoms with Gasteiger partial charge in [0.25, 0.3) is 5.91 Å². The van der Waals surface area contributed by atoms with Crippen LogP contribution in [0.25, 0.3) is 0 Å². The number of amides is 1. The average molecular weight is 356 g/mol. The number of pyridine rings is 1. The van der Waals surface area contributed by atoms with Crippen LogP contribution in [-0.2, 0) is 0 Å². The molecule has 1 heterocycles. The van der Waals surface area contributed by atoms with E-state index >= 15 is 0 Å². The van der Waals surface area contributed by atoms with Crippen LogP contribution in [0.15, 0.2) is 40.9 Å². The highest BCUT2D eigenvalue weighted by Gasteiger charge is 2.14. The first kappa shape index (κ1) is 14.5. The summed E-state index contributed by atoms with van der Waals surface area (Å²) in [5.41, 5.74) is 0.274. The van der Waals surface area contributed by atoms with Gasteiger partial charge in [0.2, 0.25) is 0 Å². The zero-order valence-electron chi connectivity index (χ0n) is 9.93. The summed E-state index contributed by atoms with van der Waals surface area (Å²) >= 11 is 8.93. The van der Waals surface area contributed by atoms with Crippen molar-refractivity contribution in [2.75, 3.05) is 5.32 Å². The Morgan fingerprint density at radius 3 is 2.65 bits per heavy atom. The SMILES string of the molecule is O=C(Nc1cc(Br)ccc1C(=O)O)c1cccc(Cl)n1. The lowest BCUT2D eigenvalue weighted by atomic mass is 10.1. The summed E-state index contributed by atoms with van der Waals surface area (Å²) in [5.74, 6) is -1.67. The van der Waals surface area contributed by atoms with Crippen LogP contribution < -0.4 is 5.32 Å². The van der Waals surface area contributed by atoms with Crippen LogP contribution in [0.4, 0.5) is 5.69 Å².